The number of fused-ring (bicyclic) bond motifs is 1. The number of carbonyl (C=O) groups excluding carboxylic acids is 1. The van der Waals surface area contributed by atoms with Crippen LogP contribution < -0.4 is 0 Å². The van der Waals surface area contributed by atoms with Crippen molar-refractivity contribution in [3.63, 3.8) is 0 Å². The number of carboxylic acid groups (broad SMARTS) is 1. The first-order valence-corrected chi connectivity index (χ1v) is 8.28. The van der Waals surface area contributed by atoms with Crippen molar-refractivity contribution < 1.29 is 19.8 Å². The van der Waals surface area contributed by atoms with Gasteiger partial charge in [-0.3, -0.25) is 9.59 Å². The molecule has 0 aromatic heterocycles. The molecular formula is C18H28O4. The predicted molar refractivity (Wildman–Crippen MR) is 84.2 cm³/mol. The van der Waals surface area contributed by atoms with E-state index >= 15 is 0 Å². The molecule has 2 rings (SSSR count). The molecule has 4 nitrogen and oxygen atoms in total. The minimum Gasteiger partial charge on any atom is -0.481 e. The van der Waals surface area contributed by atoms with E-state index in [1.807, 2.05) is 13.8 Å². The number of carboxylic acids is 1. The van der Waals surface area contributed by atoms with Gasteiger partial charge in [-0.15, -0.1) is 0 Å². The van der Waals surface area contributed by atoms with E-state index in [-0.39, 0.29) is 30.6 Å². The van der Waals surface area contributed by atoms with Crippen LogP contribution in [0.15, 0.2) is 11.6 Å². The normalized spacial score (nSPS) is 41.5. The van der Waals surface area contributed by atoms with Gasteiger partial charge in [0.15, 0.2) is 0 Å². The third kappa shape index (κ3) is 2.62. The van der Waals surface area contributed by atoms with Gasteiger partial charge >= 0.3 is 5.97 Å². The Labute approximate surface area is 132 Å². The van der Waals surface area contributed by atoms with E-state index < -0.39 is 17.3 Å². The maximum atomic E-state index is 12.8. The molecule has 22 heavy (non-hydrogen) atoms. The summed E-state index contributed by atoms with van der Waals surface area (Å²) in [5.41, 5.74) is -0.124. The van der Waals surface area contributed by atoms with Gasteiger partial charge in [-0.2, -0.15) is 0 Å². The van der Waals surface area contributed by atoms with E-state index in [0.29, 0.717) is 11.8 Å². The van der Waals surface area contributed by atoms with Crippen LogP contribution in [0.2, 0.25) is 0 Å². The highest BCUT2D eigenvalue weighted by molar-refractivity contribution is 5.92. The molecule has 2 N–H and O–H groups in total. The average Bonchev–Trinajstić information content (AvgIpc) is 2.36. The van der Waals surface area contributed by atoms with Gasteiger partial charge in [-0.05, 0) is 43.4 Å². The molecule has 0 unspecified atom stereocenters. The molecule has 0 saturated heterocycles. The first-order chi connectivity index (χ1) is 10.2. The van der Waals surface area contributed by atoms with Crippen LogP contribution in [0.1, 0.15) is 47.0 Å². The number of carbonyl (C=O) groups is 2. The van der Waals surface area contributed by atoms with Crippen molar-refractivity contribution in [2.45, 2.75) is 47.0 Å². The van der Waals surface area contributed by atoms with E-state index in [4.69, 9.17) is 0 Å². The van der Waals surface area contributed by atoms with Crippen LogP contribution in [0.25, 0.3) is 0 Å². The van der Waals surface area contributed by atoms with Crippen molar-refractivity contribution in [1.82, 2.24) is 0 Å². The van der Waals surface area contributed by atoms with Gasteiger partial charge in [-0.1, -0.05) is 32.4 Å². The van der Waals surface area contributed by atoms with Gasteiger partial charge in [0.1, 0.15) is 5.78 Å². The summed E-state index contributed by atoms with van der Waals surface area (Å²) in [6.45, 7) is 7.82. The van der Waals surface area contributed by atoms with Gasteiger partial charge in [-0.25, -0.2) is 0 Å². The van der Waals surface area contributed by atoms with E-state index in [1.165, 1.54) is 0 Å². The molecule has 4 heteroatoms. The first kappa shape index (κ1) is 17.2. The fourth-order valence-corrected chi connectivity index (χ4v) is 5.39. The maximum Gasteiger partial charge on any atom is 0.311 e. The highest BCUT2D eigenvalue weighted by atomic mass is 16.4. The number of allylic oxidation sites excluding steroid dienone is 1. The molecule has 124 valence electrons. The number of Topliss-reactive ketones (excluding diaryl/α,β-unsaturated/α-hetero) is 1. The molecule has 0 radical (unpaired) electrons. The lowest BCUT2D eigenvalue weighted by Gasteiger charge is -2.53. The quantitative estimate of drug-likeness (QED) is 0.783. The van der Waals surface area contributed by atoms with Crippen LogP contribution in [0, 0.1) is 35.0 Å². The standard InChI is InChI=1S/C18H28O4/c1-10-7-11(2)15-13(8-10)9-12(3)16(17(21)22)18(15,4)14(20)5-6-19/h9-11,13,15-16,19H,5-8H2,1-4H3,(H,21,22)/t10-,11+,13+,15-,16+,18+/m1/s1. The molecule has 0 aromatic rings. The number of ketones is 1. The van der Waals surface area contributed by atoms with Crippen LogP contribution >= 0.6 is 0 Å². The number of hydrogen-bond acceptors (Lipinski definition) is 3. The summed E-state index contributed by atoms with van der Waals surface area (Å²) < 4.78 is 0. The summed E-state index contributed by atoms with van der Waals surface area (Å²) in [7, 11) is 0. The lowest BCUT2D eigenvalue weighted by atomic mass is 9.49. The predicted octanol–water partition coefficient (Wildman–Crippen LogP) is 2.90. The molecule has 0 spiro atoms. The summed E-state index contributed by atoms with van der Waals surface area (Å²) in [4.78, 5) is 24.7. The molecule has 6 atom stereocenters. The second kappa shape index (κ2) is 6.15. The second-order valence-electron chi connectivity index (χ2n) is 7.60. The Balaban J connectivity index is 2.55. The smallest absolute Gasteiger partial charge is 0.311 e. The highest BCUT2D eigenvalue weighted by Gasteiger charge is 2.57. The van der Waals surface area contributed by atoms with Gasteiger partial charge in [0.2, 0.25) is 0 Å². The van der Waals surface area contributed by atoms with Gasteiger partial charge in [0, 0.05) is 18.4 Å². The minimum absolute atomic E-state index is 0.0407. The Hall–Kier alpha value is -1.16. The lowest BCUT2D eigenvalue weighted by molar-refractivity contribution is -0.158. The Bertz CT molecular complexity index is 495. The Morgan fingerprint density at radius 3 is 2.50 bits per heavy atom. The Morgan fingerprint density at radius 2 is 1.95 bits per heavy atom. The molecule has 0 bridgehead atoms. The van der Waals surface area contributed by atoms with Crippen LogP contribution in [-0.4, -0.2) is 28.6 Å². The van der Waals surface area contributed by atoms with E-state index in [1.54, 1.807) is 0 Å². The molecule has 2 aliphatic rings. The Kier molecular flexibility index (Phi) is 4.81. The monoisotopic (exact) mass is 308 g/mol. The number of aliphatic carboxylic acids is 1. The zero-order valence-electron chi connectivity index (χ0n) is 14.0. The van der Waals surface area contributed by atoms with Crippen LogP contribution in [-0.2, 0) is 9.59 Å². The molecule has 0 heterocycles. The van der Waals surface area contributed by atoms with Crippen LogP contribution in [0.3, 0.4) is 0 Å². The van der Waals surface area contributed by atoms with E-state index in [9.17, 15) is 19.8 Å². The molecule has 0 aliphatic heterocycles. The van der Waals surface area contributed by atoms with Gasteiger partial charge in [0.25, 0.3) is 0 Å². The zero-order chi connectivity index (χ0) is 16.7. The largest absolute Gasteiger partial charge is 0.481 e. The van der Waals surface area contributed by atoms with Crippen LogP contribution in [0.5, 0.6) is 0 Å². The molecule has 0 aromatic carbocycles. The summed E-state index contributed by atoms with van der Waals surface area (Å²) in [6.07, 6.45) is 4.19. The fourth-order valence-electron chi connectivity index (χ4n) is 5.39. The van der Waals surface area contributed by atoms with Crippen molar-refractivity contribution >= 4 is 11.8 Å². The average molecular weight is 308 g/mol. The number of hydrogen-bond donors (Lipinski definition) is 2. The van der Waals surface area contributed by atoms with Crippen molar-refractivity contribution in [1.29, 1.82) is 0 Å². The van der Waals surface area contributed by atoms with E-state index in [0.717, 1.165) is 18.4 Å². The van der Waals surface area contributed by atoms with Crippen molar-refractivity contribution in [3.05, 3.63) is 11.6 Å². The topological polar surface area (TPSA) is 74.6 Å². The SMILES string of the molecule is CC1=C[C@@H]2C[C@H](C)C[C@H](C)[C@H]2[C@](C)(C(=O)CCO)[C@@H]1C(=O)O. The summed E-state index contributed by atoms with van der Waals surface area (Å²) >= 11 is 0. The molecular weight excluding hydrogens is 280 g/mol. The molecule has 1 fully saturated rings. The number of aliphatic hydroxyl groups excluding tert-OH is 1. The molecule has 2 aliphatic carbocycles. The second-order valence-corrected chi connectivity index (χ2v) is 7.60. The minimum atomic E-state index is -0.924. The molecule has 1 saturated carbocycles. The van der Waals surface area contributed by atoms with E-state index in [2.05, 4.69) is 19.9 Å². The van der Waals surface area contributed by atoms with Gasteiger partial charge in [0.05, 0.1) is 5.92 Å². The highest BCUT2D eigenvalue weighted by Crippen LogP contribution is 2.56. The van der Waals surface area contributed by atoms with Gasteiger partial charge < -0.3 is 10.2 Å². The fraction of sp³-hybridized carbons (Fsp3) is 0.778. The van der Waals surface area contributed by atoms with Crippen LogP contribution in [0.4, 0.5) is 0 Å². The lowest BCUT2D eigenvalue weighted by Crippen LogP contribution is -2.54. The third-order valence-corrected chi connectivity index (χ3v) is 5.93. The summed E-state index contributed by atoms with van der Waals surface area (Å²) in [6, 6.07) is 0. The Morgan fingerprint density at radius 1 is 1.32 bits per heavy atom. The van der Waals surface area contributed by atoms with Crippen molar-refractivity contribution in [2.75, 3.05) is 6.61 Å². The summed E-state index contributed by atoms with van der Waals surface area (Å²) in [5.74, 6) is -0.581. The number of aliphatic hydroxyl groups is 1. The number of rotatable bonds is 4. The zero-order valence-corrected chi connectivity index (χ0v) is 14.0. The van der Waals surface area contributed by atoms with Crippen molar-refractivity contribution in [3.8, 4) is 0 Å². The summed E-state index contributed by atoms with van der Waals surface area (Å²) in [5, 5.41) is 18.9. The first-order valence-electron chi connectivity index (χ1n) is 8.28. The molecule has 0 amide bonds. The third-order valence-electron chi connectivity index (χ3n) is 5.93. The maximum absolute atomic E-state index is 12.8. The van der Waals surface area contributed by atoms with Crippen molar-refractivity contribution in [2.24, 2.45) is 35.0 Å².